The van der Waals surface area contributed by atoms with Crippen LogP contribution in [0.25, 0.3) is 11.3 Å². The molecule has 2 saturated carbocycles. The van der Waals surface area contributed by atoms with Gasteiger partial charge >= 0.3 is 197 Å². The van der Waals surface area contributed by atoms with Crippen molar-refractivity contribution in [3.63, 3.8) is 0 Å². The van der Waals surface area contributed by atoms with Gasteiger partial charge in [0.2, 0.25) is 0 Å². The Kier molecular flexibility index (Phi) is 6.90. The van der Waals surface area contributed by atoms with Gasteiger partial charge in [-0.1, -0.05) is 0 Å². The van der Waals surface area contributed by atoms with Crippen LogP contribution in [0, 0.1) is 0 Å². The molecule has 1 aromatic heterocycles. The second-order valence-corrected chi connectivity index (χ2v) is 11.3. The summed E-state index contributed by atoms with van der Waals surface area (Å²) >= 11 is -0.0625. The molecule has 2 aliphatic carbocycles. The molecule has 2 aromatic carbocycles. The predicted molar refractivity (Wildman–Crippen MR) is 131 cm³/mol. The minimum absolute atomic E-state index is 0.0625. The second kappa shape index (κ2) is 10.2. The first-order valence-corrected chi connectivity index (χ1v) is 14.0. The first kappa shape index (κ1) is 21.7. The van der Waals surface area contributed by atoms with Gasteiger partial charge in [-0.3, -0.25) is 0 Å². The third-order valence-electron chi connectivity index (χ3n) is 6.95. The van der Waals surface area contributed by atoms with Crippen molar-refractivity contribution in [3.8, 4) is 11.3 Å². The van der Waals surface area contributed by atoms with Crippen LogP contribution in [0.1, 0.15) is 85.0 Å². The fraction of sp³-hybridized carbons (Fsp3) is 0.429. The van der Waals surface area contributed by atoms with Gasteiger partial charge in [-0.05, 0) is 0 Å². The van der Waals surface area contributed by atoms with Gasteiger partial charge < -0.3 is 0 Å². The third-order valence-corrected chi connectivity index (χ3v) is 9.19. The number of benzene rings is 2. The summed E-state index contributed by atoms with van der Waals surface area (Å²) in [5.74, 6) is 0.180. The van der Waals surface area contributed by atoms with Gasteiger partial charge in [-0.25, -0.2) is 0 Å². The Morgan fingerprint density at radius 2 is 1.38 bits per heavy atom. The van der Waals surface area contributed by atoms with Crippen molar-refractivity contribution in [1.82, 2.24) is 4.57 Å². The van der Waals surface area contributed by atoms with E-state index in [2.05, 4.69) is 34.9 Å². The van der Waals surface area contributed by atoms with E-state index in [4.69, 9.17) is 4.99 Å². The van der Waals surface area contributed by atoms with E-state index in [-0.39, 0.29) is 20.3 Å². The molecule has 0 amide bonds. The Morgan fingerprint density at radius 1 is 0.781 bits per heavy atom. The van der Waals surface area contributed by atoms with Gasteiger partial charge in [0.25, 0.3) is 0 Å². The van der Waals surface area contributed by atoms with E-state index in [1.807, 2.05) is 30.3 Å². The quantitative estimate of drug-likeness (QED) is 0.310. The van der Waals surface area contributed by atoms with Crippen molar-refractivity contribution < 1.29 is 4.79 Å². The van der Waals surface area contributed by atoms with Gasteiger partial charge in [0.05, 0.1) is 0 Å². The number of hydrogen-bond donors (Lipinski definition) is 0. The third kappa shape index (κ3) is 4.63. The maximum absolute atomic E-state index is 13.8. The zero-order valence-corrected chi connectivity index (χ0v) is 20.4. The molecule has 1 heterocycles. The summed E-state index contributed by atoms with van der Waals surface area (Å²) in [4.78, 5) is 19.1. The van der Waals surface area contributed by atoms with Crippen molar-refractivity contribution in [3.05, 3.63) is 75.0 Å². The van der Waals surface area contributed by atoms with Gasteiger partial charge in [-0.2, -0.15) is 0 Å². The molecule has 0 radical (unpaired) electrons. The molecule has 3 aromatic rings. The van der Waals surface area contributed by atoms with Gasteiger partial charge in [0, 0.05) is 0 Å². The SMILES string of the molecule is O=C(c1ccccc1)c1[se]c(=NC2CCCCC2)n(C2CCCCC2)c1-c1ccccc1. The van der Waals surface area contributed by atoms with Crippen LogP contribution < -0.4 is 4.36 Å². The summed E-state index contributed by atoms with van der Waals surface area (Å²) in [6.07, 6.45) is 12.6. The fourth-order valence-corrected chi connectivity index (χ4v) is 7.88. The van der Waals surface area contributed by atoms with Gasteiger partial charge in [0.1, 0.15) is 0 Å². The Hall–Kier alpha value is -2.16. The molecule has 32 heavy (non-hydrogen) atoms. The molecule has 0 atom stereocenters. The van der Waals surface area contributed by atoms with E-state index in [0.29, 0.717) is 12.1 Å². The van der Waals surface area contributed by atoms with E-state index in [0.717, 1.165) is 21.3 Å². The normalized spacial score (nSPS) is 18.7. The molecule has 2 aliphatic rings. The number of rotatable bonds is 5. The van der Waals surface area contributed by atoms with Crippen molar-refractivity contribution in [1.29, 1.82) is 0 Å². The number of aromatic nitrogens is 1. The molecular weight excluding hydrogens is 459 g/mol. The van der Waals surface area contributed by atoms with Crippen molar-refractivity contribution in [2.45, 2.75) is 76.3 Å². The van der Waals surface area contributed by atoms with Gasteiger partial charge in [0.15, 0.2) is 0 Å². The van der Waals surface area contributed by atoms with Crippen LogP contribution in [0.3, 0.4) is 0 Å². The van der Waals surface area contributed by atoms with Crippen molar-refractivity contribution in [2.24, 2.45) is 4.99 Å². The van der Waals surface area contributed by atoms with E-state index in [9.17, 15) is 4.79 Å². The summed E-state index contributed by atoms with van der Waals surface area (Å²) in [5.41, 5.74) is 3.09. The summed E-state index contributed by atoms with van der Waals surface area (Å²) < 4.78 is 4.71. The number of nitrogens with zero attached hydrogens (tertiary/aromatic N) is 2. The van der Waals surface area contributed by atoms with Crippen LogP contribution in [0.2, 0.25) is 0 Å². The van der Waals surface area contributed by atoms with E-state index >= 15 is 0 Å². The maximum atomic E-state index is 13.8. The van der Waals surface area contributed by atoms with Crippen molar-refractivity contribution in [2.75, 3.05) is 0 Å². The zero-order valence-electron chi connectivity index (χ0n) is 18.7. The van der Waals surface area contributed by atoms with Crippen LogP contribution in [-0.4, -0.2) is 30.9 Å². The Balaban J connectivity index is 1.72. The summed E-state index contributed by atoms with van der Waals surface area (Å²) in [7, 11) is 0. The van der Waals surface area contributed by atoms with Crippen LogP contribution >= 0.6 is 0 Å². The summed E-state index contributed by atoms with van der Waals surface area (Å²) in [6.45, 7) is 0. The molecule has 5 rings (SSSR count). The van der Waals surface area contributed by atoms with E-state index < -0.39 is 0 Å². The number of hydrogen-bond acceptors (Lipinski definition) is 2. The predicted octanol–water partition coefficient (Wildman–Crippen LogP) is 6.18. The minimum atomic E-state index is -0.0625. The van der Waals surface area contributed by atoms with Crippen LogP contribution in [0.4, 0.5) is 0 Å². The Labute approximate surface area is 197 Å². The summed E-state index contributed by atoms with van der Waals surface area (Å²) in [6, 6.07) is 21.3. The number of carbonyl (C=O) groups is 1. The first-order valence-electron chi connectivity index (χ1n) is 12.3. The molecule has 0 saturated heterocycles. The second-order valence-electron chi connectivity index (χ2n) is 9.21. The molecule has 0 N–H and O–H groups in total. The standard InChI is InChI=1S/C28H32N2OSe/c31-26(22-15-7-2-8-16-22)27-25(21-13-5-1-6-14-21)30(24-19-11-4-12-20-24)28(32-27)29-23-17-9-3-10-18-23/h1-2,5-8,13-16,23-24H,3-4,9-12,17-20H2. The van der Waals surface area contributed by atoms with E-state index in [1.54, 1.807) is 0 Å². The van der Waals surface area contributed by atoms with Crippen LogP contribution in [0.15, 0.2) is 65.7 Å². The van der Waals surface area contributed by atoms with Crippen LogP contribution in [-0.2, 0) is 0 Å². The molecule has 3 nitrogen and oxygen atoms in total. The molecule has 0 bridgehead atoms. The van der Waals surface area contributed by atoms with Crippen molar-refractivity contribution >= 4 is 20.3 Å². The first-order chi connectivity index (χ1) is 15.8. The number of ketones is 1. The molecule has 4 heteroatoms. The molecular formula is C28H32N2OSe. The number of carbonyl (C=O) groups excluding carboxylic acids is 1. The Morgan fingerprint density at radius 3 is 2.03 bits per heavy atom. The zero-order chi connectivity index (χ0) is 21.8. The fourth-order valence-electron chi connectivity index (χ4n) is 5.27. The summed E-state index contributed by atoms with van der Waals surface area (Å²) in [5, 5.41) is 0. The molecule has 0 spiro atoms. The Bertz CT molecular complexity index is 1100. The average Bonchev–Trinajstić information content (AvgIpc) is 3.24. The van der Waals surface area contributed by atoms with Crippen LogP contribution in [0.5, 0.6) is 0 Å². The molecule has 0 unspecified atom stereocenters. The molecule has 2 fully saturated rings. The van der Waals surface area contributed by atoms with E-state index in [1.165, 1.54) is 68.6 Å². The monoisotopic (exact) mass is 492 g/mol. The average molecular weight is 492 g/mol. The topological polar surface area (TPSA) is 34.4 Å². The van der Waals surface area contributed by atoms with Gasteiger partial charge in [-0.15, -0.1) is 0 Å². The molecule has 0 aliphatic heterocycles. The molecule has 166 valence electrons.